The second-order valence-electron chi connectivity index (χ2n) is 5.41. The van der Waals surface area contributed by atoms with Gasteiger partial charge in [-0.15, -0.1) is 0 Å². The quantitative estimate of drug-likeness (QED) is 0.774. The van der Waals surface area contributed by atoms with E-state index in [1.165, 1.54) is 6.07 Å². The fourth-order valence-corrected chi connectivity index (χ4v) is 3.18. The molecular weight excluding hydrogens is 336 g/mol. The van der Waals surface area contributed by atoms with Crippen LogP contribution in [0.3, 0.4) is 0 Å². The maximum absolute atomic E-state index is 12.3. The van der Waals surface area contributed by atoms with Gasteiger partial charge in [0.1, 0.15) is 0 Å². The second kappa shape index (κ2) is 7.04. The smallest absolute Gasteiger partial charge is 0.337 e. The predicted molar refractivity (Wildman–Crippen MR) is 84.2 cm³/mol. The van der Waals surface area contributed by atoms with Gasteiger partial charge in [-0.3, -0.25) is 4.79 Å². The van der Waals surface area contributed by atoms with Crippen LogP contribution in [0.25, 0.3) is 0 Å². The molecule has 2 rings (SSSR count). The highest BCUT2D eigenvalue weighted by Gasteiger charge is 2.27. The lowest BCUT2D eigenvalue weighted by molar-refractivity contribution is -0.121. The van der Waals surface area contributed by atoms with Crippen LogP contribution in [0, 0.1) is 11.8 Å². The van der Waals surface area contributed by atoms with Crippen molar-refractivity contribution >= 4 is 33.5 Å². The SMILES string of the molecule is NCC1CCC(C(=O)Nc2c(Br)cccc2C(=O)O)CC1. The van der Waals surface area contributed by atoms with Crippen LogP contribution in [0.1, 0.15) is 36.0 Å². The maximum Gasteiger partial charge on any atom is 0.337 e. The molecule has 1 fully saturated rings. The van der Waals surface area contributed by atoms with Crippen molar-refractivity contribution in [3.8, 4) is 0 Å². The summed E-state index contributed by atoms with van der Waals surface area (Å²) in [7, 11) is 0. The number of hydrogen-bond donors (Lipinski definition) is 3. The fraction of sp³-hybridized carbons (Fsp3) is 0.467. The van der Waals surface area contributed by atoms with E-state index in [0.29, 0.717) is 22.6 Å². The minimum Gasteiger partial charge on any atom is -0.478 e. The number of benzene rings is 1. The van der Waals surface area contributed by atoms with Gasteiger partial charge in [-0.25, -0.2) is 4.79 Å². The van der Waals surface area contributed by atoms with E-state index in [1.807, 2.05) is 0 Å². The summed E-state index contributed by atoms with van der Waals surface area (Å²) in [6.07, 6.45) is 3.52. The summed E-state index contributed by atoms with van der Waals surface area (Å²) in [5.74, 6) is -0.730. The number of aromatic carboxylic acids is 1. The van der Waals surface area contributed by atoms with Crippen LogP contribution in [0.4, 0.5) is 5.69 Å². The molecule has 1 aliphatic carbocycles. The van der Waals surface area contributed by atoms with E-state index < -0.39 is 5.97 Å². The van der Waals surface area contributed by atoms with Gasteiger partial charge < -0.3 is 16.2 Å². The monoisotopic (exact) mass is 354 g/mol. The van der Waals surface area contributed by atoms with Crippen LogP contribution < -0.4 is 11.1 Å². The number of carboxylic acids is 1. The molecule has 21 heavy (non-hydrogen) atoms. The van der Waals surface area contributed by atoms with Crippen molar-refractivity contribution in [1.29, 1.82) is 0 Å². The van der Waals surface area contributed by atoms with Gasteiger partial charge in [-0.05, 0) is 66.2 Å². The Morgan fingerprint density at radius 1 is 1.29 bits per heavy atom. The van der Waals surface area contributed by atoms with Crippen LogP contribution in [-0.2, 0) is 4.79 Å². The average molecular weight is 355 g/mol. The van der Waals surface area contributed by atoms with Gasteiger partial charge in [0.15, 0.2) is 0 Å². The molecule has 1 saturated carbocycles. The average Bonchev–Trinajstić information content (AvgIpc) is 2.49. The van der Waals surface area contributed by atoms with Crippen molar-refractivity contribution in [1.82, 2.24) is 0 Å². The van der Waals surface area contributed by atoms with Gasteiger partial charge >= 0.3 is 5.97 Å². The van der Waals surface area contributed by atoms with Gasteiger partial charge in [-0.2, -0.15) is 0 Å². The predicted octanol–water partition coefficient (Wildman–Crippen LogP) is 2.85. The molecule has 0 spiro atoms. The van der Waals surface area contributed by atoms with Crippen molar-refractivity contribution in [2.75, 3.05) is 11.9 Å². The molecule has 1 amide bonds. The van der Waals surface area contributed by atoms with Crippen LogP contribution in [0.2, 0.25) is 0 Å². The van der Waals surface area contributed by atoms with Crippen molar-refractivity contribution in [3.05, 3.63) is 28.2 Å². The van der Waals surface area contributed by atoms with Crippen molar-refractivity contribution in [2.24, 2.45) is 17.6 Å². The minimum atomic E-state index is -1.06. The van der Waals surface area contributed by atoms with Gasteiger partial charge in [0, 0.05) is 10.4 Å². The molecule has 5 nitrogen and oxygen atoms in total. The van der Waals surface area contributed by atoms with E-state index in [4.69, 9.17) is 5.73 Å². The summed E-state index contributed by atoms with van der Waals surface area (Å²) in [6.45, 7) is 0.668. The standard InChI is InChI=1S/C15H19BrN2O3/c16-12-3-1-2-11(15(20)21)13(12)18-14(19)10-6-4-9(8-17)5-7-10/h1-3,9-10H,4-8,17H2,(H,18,19)(H,20,21). The van der Waals surface area contributed by atoms with Gasteiger partial charge in [0.05, 0.1) is 11.3 Å². The topological polar surface area (TPSA) is 92.4 Å². The highest BCUT2D eigenvalue weighted by atomic mass is 79.9. The highest BCUT2D eigenvalue weighted by Crippen LogP contribution is 2.31. The number of amides is 1. The zero-order valence-electron chi connectivity index (χ0n) is 11.6. The third kappa shape index (κ3) is 3.83. The first-order valence-corrected chi connectivity index (χ1v) is 7.85. The number of nitrogens with two attached hydrogens (primary N) is 1. The lowest BCUT2D eigenvalue weighted by Crippen LogP contribution is -2.30. The third-order valence-electron chi connectivity index (χ3n) is 4.04. The van der Waals surface area contributed by atoms with Crippen LogP contribution >= 0.6 is 15.9 Å². The molecule has 114 valence electrons. The first kappa shape index (κ1) is 16.0. The van der Waals surface area contributed by atoms with E-state index in [9.17, 15) is 14.7 Å². The molecule has 1 aliphatic rings. The first-order chi connectivity index (χ1) is 10.0. The summed E-state index contributed by atoms with van der Waals surface area (Å²) in [5.41, 5.74) is 6.07. The fourth-order valence-electron chi connectivity index (χ4n) is 2.72. The second-order valence-corrected chi connectivity index (χ2v) is 6.26. The number of anilines is 1. The van der Waals surface area contributed by atoms with Crippen molar-refractivity contribution in [2.45, 2.75) is 25.7 Å². The summed E-state index contributed by atoms with van der Waals surface area (Å²) >= 11 is 3.29. The third-order valence-corrected chi connectivity index (χ3v) is 4.70. The zero-order chi connectivity index (χ0) is 15.4. The molecule has 0 heterocycles. The lowest BCUT2D eigenvalue weighted by Gasteiger charge is -2.27. The van der Waals surface area contributed by atoms with Crippen molar-refractivity contribution < 1.29 is 14.7 Å². The highest BCUT2D eigenvalue weighted by molar-refractivity contribution is 9.10. The molecule has 0 saturated heterocycles. The minimum absolute atomic E-state index is 0.0680. The zero-order valence-corrected chi connectivity index (χ0v) is 13.2. The van der Waals surface area contributed by atoms with Crippen molar-refractivity contribution in [3.63, 3.8) is 0 Å². The van der Waals surface area contributed by atoms with E-state index in [2.05, 4.69) is 21.2 Å². The Bertz CT molecular complexity index is 540. The summed E-state index contributed by atoms with van der Waals surface area (Å²) < 4.78 is 0.575. The largest absolute Gasteiger partial charge is 0.478 e. The number of rotatable bonds is 4. The Balaban J connectivity index is 2.08. The number of halogens is 1. The van der Waals surface area contributed by atoms with E-state index in [-0.39, 0.29) is 17.4 Å². The molecule has 1 aromatic carbocycles. The molecule has 0 unspecified atom stereocenters. The molecular formula is C15H19BrN2O3. The summed E-state index contributed by atoms with van der Waals surface area (Å²) in [6, 6.07) is 4.83. The molecule has 6 heteroatoms. The number of para-hydroxylation sites is 1. The van der Waals surface area contributed by atoms with E-state index >= 15 is 0 Å². The number of carbonyl (C=O) groups is 2. The van der Waals surface area contributed by atoms with Crippen LogP contribution in [0.15, 0.2) is 22.7 Å². The van der Waals surface area contributed by atoms with Crippen LogP contribution in [-0.4, -0.2) is 23.5 Å². The molecule has 0 radical (unpaired) electrons. The molecule has 0 aromatic heterocycles. The molecule has 0 aliphatic heterocycles. The summed E-state index contributed by atoms with van der Waals surface area (Å²) in [4.78, 5) is 23.6. The van der Waals surface area contributed by atoms with Crippen LogP contribution in [0.5, 0.6) is 0 Å². The number of carbonyl (C=O) groups excluding carboxylic acids is 1. The van der Waals surface area contributed by atoms with E-state index in [0.717, 1.165) is 25.7 Å². The first-order valence-electron chi connectivity index (χ1n) is 7.05. The van der Waals surface area contributed by atoms with Gasteiger partial charge in [0.2, 0.25) is 5.91 Å². The maximum atomic E-state index is 12.3. The molecule has 4 N–H and O–H groups in total. The number of hydrogen-bond acceptors (Lipinski definition) is 3. The Morgan fingerprint density at radius 2 is 1.95 bits per heavy atom. The Hall–Kier alpha value is -1.40. The van der Waals surface area contributed by atoms with Gasteiger partial charge in [0.25, 0.3) is 0 Å². The molecule has 0 atom stereocenters. The van der Waals surface area contributed by atoms with Gasteiger partial charge in [-0.1, -0.05) is 6.07 Å². The molecule has 0 bridgehead atoms. The van der Waals surface area contributed by atoms with E-state index in [1.54, 1.807) is 12.1 Å². The number of carboxylic acid groups (broad SMARTS) is 1. The Kier molecular flexibility index (Phi) is 5.36. The summed E-state index contributed by atoms with van der Waals surface area (Å²) in [5, 5.41) is 12.0. The lowest BCUT2D eigenvalue weighted by atomic mass is 9.81. The number of nitrogens with one attached hydrogen (secondary N) is 1. The Morgan fingerprint density at radius 3 is 2.52 bits per heavy atom. The Labute approximate surface area is 132 Å². The molecule has 1 aromatic rings. The normalized spacial score (nSPS) is 21.8.